The standard InChI is InChI=1S/C6H9NO2/c1-3-5-4-6(8)7(2)9-5/h4H,3H2,1-2H3. The Hall–Kier alpha value is -0.990. The predicted octanol–water partition coefficient (Wildman–Crippen LogP) is 0.541. The maximum Gasteiger partial charge on any atom is 0.282 e. The van der Waals surface area contributed by atoms with Gasteiger partial charge in [0.25, 0.3) is 5.56 Å². The second-order valence-corrected chi connectivity index (χ2v) is 1.89. The molecular formula is C6H9NO2. The van der Waals surface area contributed by atoms with E-state index in [0.717, 1.165) is 12.2 Å². The number of nitrogens with zero attached hydrogens (tertiary/aromatic N) is 1. The van der Waals surface area contributed by atoms with Gasteiger partial charge in [-0.2, -0.15) is 4.74 Å². The van der Waals surface area contributed by atoms with Gasteiger partial charge in [0.2, 0.25) is 0 Å². The fourth-order valence-electron chi connectivity index (χ4n) is 0.642. The second-order valence-electron chi connectivity index (χ2n) is 1.89. The number of hydrogen-bond donors (Lipinski definition) is 0. The molecule has 0 amide bonds. The van der Waals surface area contributed by atoms with Crippen LogP contribution in [0.1, 0.15) is 12.7 Å². The average Bonchev–Trinajstić information content (AvgIpc) is 2.13. The molecule has 3 nitrogen and oxygen atoms in total. The molecule has 50 valence electrons. The van der Waals surface area contributed by atoms with E-state index in [4.69, 9.17) is 4.52 Å². The summed E-state index contributed by atoms with van der Waals surface area (Å²) < 4.78 is 6.19. The van der Waals surface area contributed by atoms with Crippen LogP contribution in [0.2, 0.25) is 0 Å². The minimum absolute atomic E-state index is 0.0770. The van der Waals surface area contributed by atoms with E-state index in [2.05, 4.69) is 0 Å². The van der Waals surface area contributed by atoms with E-state index in [0.29, 0.717) is 0 Å². The predicted molar refractivity (Wildman–Crippen MR) is 33.3 cm³/mol. The third-order valence-corrected chi connectivity index (χ3v) is 1.20. The van der Waals surface area contributed by atoms with Gasteiger partial charge in [-0.3, -0.25) is 4.79 Å². The Balaban J connectivity index is 3.13. The molecule has 0 spiro atoms. The summed E-state index contributed by atoms with van der Waals surface area (Å²) in [4.78, 5) is 10.7. The normalized spacial score (nSPS) is 10.0. The van der Waals surface area contributed by atoms with Crippen molar-refractivity contribution in [1.82, 2.24) is 4.74 Å². The molecule has 0 aromatic carbocycles. The van der Waals surface area contributed by atoms with Crippen LogP contribution in [0.15, 0.2) is 15.4 Å². The van der Waals surface area contributed by atoms with Gasteiger partial charge in [-0.05, 0) is 0 Å². The van der Waals surface area contributed by atoms with Crippen LogP contribution >= 0.6 is 0 Å². The Morgan fingerprint density at radius 3 is 2.67 bits per heavy atom. The topological polar surface area (TPSA) is 35.1 Å². The molecule has 0 aliphatic heterocycles. The Morgan fingerprint density at radius 1 is 1.78 bits per heavy atom. The maximum absolute atomic E-state index is 10.7. The lowest BCUT2D eigenvalue weighted by atomic mass is 10.4. The molecule has 0 saturated carbocycles. The summed E-state index contributed by atoms with van der Waals surface area (Å²) in [6, 6.07) is 1.50. The molecule has 1 heterocycles. The van der Waals surface area contributed by atoms with Crippen LogP contribution < -0.4 is 5.56 Å². The zero-order valence-electron chi connectivity index (χ0n) is 5.55. The SMILES string of the molecule is CCc1cc(=O)n(C)o1. The van der Waals surface area contributed by atoms with Crippen LogP contribution in [-0.2, 0) is 13.5 Å². The molecule has 0 fully saturated rings. The molecular weight excluding hydrogens is 118 g/mol. The van der Waals surface area contributed by atoms with Crippen molar-refractivity contribution in [3.63, 3.8) is 0 Å². The van der Waals surface area contributed by atoms with Crippen molar-refractivity contribution in [3.8, 4) is 0 Å². The van der Waals surface area contributed by atoms with E-state index in [-0.39, 0.29) is 5.56 Å². The first kappa shape index (κ1) is 6.13. The highest BCUT2D eigenvalue weighted by Gasteiger charge is 1.97. The fourth-order valence-corrected chi connectivity index (χ4v) is 0.642. The van der Waals surface area contributed by atoms with Crippen LogP contribution in [0.5, 0.6) is 0 Å². The highest BCUT2D eigenvalue weighted by atomic mass is 16.5. The minimum Gasteiger partial charge on any atom is -0.381 e. The van der Waals surface area contributed by atoms with Gasteiger partial charge in [-0.25, -0.2) is 0 Å². The molecule has 1 aromatic heterocycles. The zero-order valence-corrected chi connectivity index (χ0v) is 5.55. The highest BCUT2D eigenvalue weighted by Crippen LogP contribution is 1.93. The molecule has 0 bridgehead atoms. The third kappa shape index (κ3) is 1.04. The number of hydrogen-bond acceptors (Lipinski definition) is 2. The van der Waals surface area contributed by atoms with E-state index in [1.807, 2.05) is 6.92 Å². The monoisotopic (exact) mass is 127 g/mol. The number of aromatic nitrogens is 1. The largest absolute Gasteiger partial charge is 0.381 e. The van der Waals surface area contributed by atoms with Crippen LogP contribution in [0.4, 0.5) is 0 Å². The van der Waals surface area contributed by atoms with Gasteiger partial charge in [0.1, 0.15) is 5.76 Å². The second kappa shape index (κ2) is 2.09. The van der Waals surface area contributed by atoms with Crippen LogP contribution in [0, 0.1) is 0 Å². The van der Waals surface area contributed by atoms with E-state index < -0.39 is 0 Å². The molecule has 0 unspecified atom stereocenters. The Morgan fingerprint density at radius 2 is 2.44 bits per heavy atom. The summed E-state index contributed by atoms with van der Waals surface area (Å²) in [5, 5.41) is 0. The van der Waals surface area contributed by atoms with Crippen molar-refractivity contribution in [2.45, 2.75) is 13.3 Å². The van der Waals surface area contributed by atoms with Gasteiger partial charge in [0.15, 0.2) is 0 Å². The Bertz CT molecular complexity index is 246. The molecule has 0 N–H and O–H groups in total. The van der Waals surface area contributed by atoms with E-state index in [1.165, 1.54) is 10.8 Å². The summed E-state index contributed by atoms with van der Waals surface area (Å²) in [7, 11) is 1.60. The van der Waals surface area contributed by atoms with Crippen molar-refractivity contribution >= 4 is 0 Å². The molecule has 1 aromatic rings. The first-order valence-electron chi connectivity index (χ1n) is 2.90. The summed E-state index contributed by atoms with van der Waals surface area (Å²) >= 11 is 0. The number of rotatable bonds is 1. The molecule has 0 aliphatic carbocycles. The van der Waals surface area contributed by atoms with Crippen LogP contribution in [-0.4, -0.2) is 4.74 Å². The van der Waals surface area contributed by atoms with E-state index >= 15 is 0 Å². The van der Waals surface area contributed by atoms with Gasteiger partial charge in [0.05, 0.1) is 0 Å². The van der Waals surface area contributed by atoms with E-state index in [9.17, 15) is 4.79 Å². The highest BCUT2D eigenvalue weighted by molar-refractivity contribution is 4.93. The quantitative estimate of drug-likeness (QED) is 0.552. The van der Waals surface area contributed by atoms with Gasteiger partial charge in [-0.15, -0.1) is 0 Å². The lowest BCUT2D eigenvalue weighted by molar-refractivity contribution is 0.277. The summed E-state index contributed by atoms with van der Waals surface area (Å²) in [5.74, 6) is 0.738. The molecule has 0 atom stereocenters. The van der Waals surface area contributed by atoms with Crippen molar-refractivity contribution < 1.29 is 4.52 Å². The minimum atomic E-state index is -0.0770. The molecule has 3 heteroatoms. The summed E-state index contributed by atoms with van der Waals surface area (Å²) in [5.41, 5.74) is -0.0770. The Labute approximate surface area is 52.9 Å². The lowest BCUT2D eigenvalue weighted by Gasteiger charge is -1.84. The fraction of sp³-hybridized carbons (Fsp3) is 0.500. The Kier molecular flexibility index (Phi) is 1.42. The molecule has 0 saturated heterocycles. The molecule has 0 aliphatic rings. The zero-order chi connectivity index (χ0) is 6.85. The number of aryl methyl sites for hydroxylation is 2. The molecule has 1 rings (SSSR count). The van der Waals surface area contributed by atoms with E-state index in [1.54, 1.807) is 7.05 Å². The van der Waals surface area contributed by atoms with Crippen LogP contribution in [0.3, 0.4) is 0 Å². The molecule has 9 heavy (non-hydrogen) atoms. The average molecular weight is 127 g/mol. The third-order valence-electron chi connectivity index (χ3n) is 1.20. The maximum atomic E-state index is 10.7. The first-order chi connectivity index (χ1) is 4.24. The van der Waals surface area contributed by atoms with Crippen molar-refractivity contribution in [2.75, 3.05) is 0 Å². The van der Waals surface area contributed by atoms with Gasteiger partial charge < -0.3 is 4.52 Å². The van der Waals surface area contributed by atoms with Crippen molar-refractivity contribution in [3.05, 3.63) is 22.2 Å². The smallest absolute Gasteiger partial charge is 0.282 e. The van der Waals surface area contributed by atoms with Crippen LogP contribution in [0.25, 0.3) is 0 Å². The van der Waals surface area contributed by atoms with Crippen molar-refractivity contribution in [2.24, 2.45) is 7.05 Å². The van der Waals surface area contributed by atoms with Crippen molar-refractivity contribution in [1.29, 1.82) is 0 Å². The first-order valence-corrected chi connectivity index (χ1v) is 2.90. The van der Waals surface area contributed by atoms with Gasteiger partial charge in [-0.1, -0.05) is 6.92 Å². The van der Waals surface area contributed by atoms with Gasteiger partial charge >= 0.3 is 0 Å². The molecule has 0 radical (unpaired) electrons. The summed E-state index contributed by atoms with van der Waals surface area (Å²) in [6.07, 6.45) is 0.774. The van der Waals surface area contributed by atoms with Gasteiger partial charge in [0, 0.05) is 19.5 Å². The summed E-state index contributed by atoms with van der Waals surface area (Å²) in [6.45, 7) is 1.94. The lowest BCUT2D eigenvalue weighted by Crippen LogP contribution is -2.06.